The van der Waals surface area contributed by atoms with Gasteiger partial charge in [0.15, 0.2) is 0 Å². The lowest BCUT2D eigenvalue weighted by molar-refractivity contribution is 0.0882. The van der Waals surface area contributed by atoms with Gasteiger partial charge in [0.2, 0.25) is 0 Å². The second-order valence-electron chi connectivity index (χ2n) is 5.64. The Kier molecular flexibility index (Phi) is 4.35. The quantitative estimate of drug-likeness (QED) is 0.833. The first-order chi connectivity index (χ1) is 10.7. The Morgan fingerprint density at radius 1 is 1.41 bits per heavy atom. The van der Waals surface area contributed by atoms with Gasteiger partial charge in [0.25, 0.3) is 5.56 Å². The minimum Gasteiger partial charge on any atom is -0.390 e. The Bertz CT molecular complexity index is 680. The molecule has 0 radical (unpaired) electrons. The Morgan fingerprint density at radius 2 is 2.27 bits per heavy atom. The minimum absolute atomic E-state index is 0.0554. The molecule has 0 amide bonds. The van der Waals surface area contributed by atoms with Crippen molar-refractivity contribution in [1.29, 1.82) is 0 Å². The molecule has 1 atom stereocenters. The van der Waals surface area contributed by atoms with E-state index < -0.39 is 6.10 Å². The van der Waals surface area contributed by atoms with Crippen LogP contribution in [0.5, 0.6) is 0 Å². The van der Waals surface area contributed by atoms with E-state index in [0.717, 1.165) is 24.2 Å². The van der Waals surface area contributed by atoms with Crippen LogP contribution in [-0.4, -0.2) is 48.8 Å². The summed E-state index contributed by atoms with van der Waals surface area (Å²) in [7, 11) is 0. The number of rotatable bonds is 5. The van der Waals surface area contributed by atoms with Crippen LogP contribution in [0.4, 0.5) is 0 Å². The SMILES string of the molecule is CCn1nc2c(cc1=O)CN(C[C@@H](O)Cn1cccn1)CC2. The van der Waals surface area contributed by atoms with E-state index in [0.29, 0.717) is 26.2 Å². The van der Waals surface area contributed by atoms with Crippen molar-refractivity contribution < 1.29 is 5.11 Å². The second-order valence-corrected chi connectivity index (χ2v) is 5.64. The maximum absolute atomic E-state index is 11.9. The van der Waals surface area contributed by atoms with Crippen LogP contribution in [0, 0.1) is 0 Å². The fourth-order valence-electron chi connectivity index (χ4n) is 2.86. The molecule has 2 aromatic rings. The number of aromatic nitrogens is 4. The van der Waals surface area contributed by atoms with Gasteiger partial charge in [-0.3, -0.25) is 14.4 Å². The van der Waals surface area contributed by atoms with Crippen molar-refractivity contribution >= 4 is 0 Å². The number of aliphatic hydroxyl groups is 1. The van der Waals surface area contributed by atoms with E-state index in [4.69, 9.17) is 0 Å². The van der Waals surface area contributed by atoms with E-state index in [1.165, 1.54) is 4.68 Å². The Hall–Kier alpha value is -1.99. The van der Waals surface area contributed by atoms with Crippen LogP contribution in [0.1, 0.15) is 18.2 Å². The molecule has 0 aromatic carbocycles. The van der Waals surface area contributed by atoms with Crippen molar-refractivity contribution in [3.05, 3.63) is 46.1 Å². The average Bonchev–Trinajstić information content (AvgIpc) is 2.99. The van der Waals surface area contributed by atoms with Crippen LogP contribution < -0.4 is 5.56 Å². The Morgan fingerprint density at radius 3 is 3.00 bits per heavy atom. The minimum atomic E-state index is -0.481. The first-order valence-corrected chi connectivity index (χ1v) is 7.63. The number of hydrogen-bond donors (Lipinski definition) is 1. The van der Waals surface area contributed by atoms with Gasteiger partial charge in [-0.05, 0) is 18.6 Å². The zero-order valence-electron chi connectivity index (χ0n) is 12.7. The molecule has 0 spiro atoms. The van der Waals surface area contributed by atoms with Crippen LogP contribution in [0.3, 0.4) is 0 Å². The van der Waals surface area contributed by atoms with Crippen molar-refractivity contribution in [3.63, 3.8) is 0 Å². The molecule has 0 unspecified atom stereocenters. The Balaban J connectivity index is 1.64. The molecule has 22 heavy (non-hydrogen) atoms. The average molecular weight is 303 g/mol. The highest BCUT2D eigenvalue weighted by Gasteiger charge is 2.21. The lowest BCUT2D eigenvalue weighted by Crippen LogP contribution is -2.40. The first-order valence-electron chi connectivity index (χ1n) is 7.63. The Labute approximate surface area is 128 Å². The molecule has 0 aliphatic carbocycles. The van der Waals surface area contributed by atoms with E-state index >= 15 is 0 Å². The van der Waals surface area contributed by atoms with E-state index in [-0.39, 0.29) is 5.56 Å². The molecule has 7 heteroatoms. The highest BCUT2D eigenvalue weighted by molar-refractivity contribution is 5.20. The largest absolute Gasteiger partial charge is 0.390 e. The molecule has 1 aliphatic rings. The maximum atomic E-state index is 11.9. The van der Waals surface area contributed by atoms with Crippen LogP contribution in [0.25, 0.3) is 0 Å². The number of aliphatic hydroxyl groups excluding tert-OH is 1. The predicted molar refractivity (Wildman–Crippen MR) is 81.4 cm³/mol. The zero-order chi connectivity index (χ0) is 15.5. The van der Waals surface area contributed by atoms with Crippen LogP contribution in [0.2, 0.25) is 0 Å². The molecule has 3 rings (SSSR count). The van der Waals surface area contributed by atoms with E-state index in [1.807, 2.05) is 19.2 Å². The van der Waals surface area contributed by atoms with E-state index in [2.05, 4.69) is 15.1 Å². The summed E-state index contributed by atoms with van der Waals surface area (Å²) in [6.07, 6.45) is 3.87. The number of aryl methyl sites for hydroxylation is 1. The van der Waals surface area contributed by atoms with Gasteiger partial charge in [0.1, 0.15) is 0 Å². The van der Waals surface area contributed by atoms with E-state index in [9.17, 15) is 9.90 Å². The molecule has 0 bridgehead atoms. The van der Waals surface area contributed by atoms with Crippen LogP contribution in [-0.2, 0) is 26.1 Å². The number of hydrogen-bond acceptors (Lipinski definition) is 5. The first kappa shape index (κ1) is 14.9. The molecule has 118 valence electrons. The van der Waals surface area contributed by atoms with Gasteiger partial charge >= 0.3 is 0 Å². The van der Waals surface area contributed by atoms with Crippen molar-refractivity contribution in [2.75, 3.05) is 13.1 Å². The summed E-state index contributed by atoms with van der Waals surface area (Å²) in [6.45, 7) is 5.07. The highest BCUT2D eigenvalue weighted by Crippen LogP contribution is 2.15. The van der Waals surface area contributed by atoms with Gasteiger partial charge in [0.05, 0.1) is 18.3 Å². The fraction of sp³-hybridized carbons (Fsp3) is 0.533. The normalized spacial score (nSPS) is 16.5. The molecule has 0 saturated carbocycles. The summed E-state index contributed by atoms with van der Waals surface area (Å²) in [6, 6.07) is 3.52. The second kappa shape index (κ2) is 6.41. The summed E-state index contributed by atoms with van der Waals surface area (Å²) in [5, 5.41) is 18.7. The fourth-order valence-corrected chi connectivity index (χ4v) is 2.86. The topological polar surface area (TPSA) is 76.2 Å². The molecule has 1 N–H and O–H groups in total. The van der Waals surface area contributed by atoms with Gasteiger partial charge in [-0.1, -0.05) is 0 Å². The van der Waals surface area contributed by atoms with Crippen molar-refractivity contribution in [3.8, 4) is 0 Å². The van der Waals surface area contributed by atoms with E-state index in [1.54, 1.807) is 16.9 Å². The lowest BCUT2D eigenvalue weighted by Gasteiger charge is -2.29. The molecule has 0 saturated heterocycles. The molecular weight excluding hydrogens is 282 g/mol. The summed E-state index contributed by atoms with van der Waals surface area (Å²) >= 11 is 0. The van der Waals surface area contributed by atoms with Gasteiger partial charge in [-0.25, -0.2) is 4.68 Å². The predicted octanol–water partition coefficient (Wildman–Crippen LogP) is -0.121. The standard InChI is InChI=1S/C15H21N5O2/c1-2-20-15(22)8-12-9-18(7-4-14(12)17-20)10-13(21)11-19-6-3-5-16-19/h3,5-6,8,13,21H,2,4,7,9-11H2,1H3/t13-/m1/s1. The lowest BCUT2D eigenvalue weighted by atomic mass is 10.1. The summed E-state index contributed by atoms with van der Waals surface area (Å²) in [5.41, 5.74) is 1.92. The van der Waals surface area contributed by atoms with Gasteiger partial charge < -0.3 is 5.11 Å². The van der Waals surface area contributed by atoms with Crippen LogP contribution in [0.15, 0.2) is 29.3 Å². The smallest absolute Gasteiger partial charge is 0.267 e. The maximum Gasteiger partial charge on any atom is 0.267 e. The third kappa shape index (κ3) is 3.26. The summed E-state index contributed by atoms with van der Waals surface area (Å²) in [4.78, 5) is 14.0. The molecule has 0 fully saturated rings. The molecular formula is C15H21N5O2. The summed E-state index contributed by atoms with van der Waals surface area (Å²) in [5.74, 6) is 0. The van der Waals surface area contributed by atoms with Crippen molar-refractivity contribution in [2.24, 2.45) is 0 Å². The number of fused-ring (bicyclic) bond motifs is 1. The number of nitrogens with zero attached hydrogens (tertiary/aromatic N) is 5. The third-order valence-corrected chi connectivity index (χ3v) is 3.95. The third-order valence-electron chi connectivity index (χ3n) is 3.95. The molecule has 2 aromatic heterocycles. The molecule has 3 heterocycles. The van der Waals surface area contributed by atoms with Crippen LogP contribution >= 0.6 is 0 Å². The van der Waals surface area contributed by atoms with Crippen molar-refractivity contribution in [2.45, 2.75) is 39.1 Å². The summed E-state index contributed by atoms with van der Waals surface area (Å²) < 4.78 is 3.23. The molecule has 1 aliphatic heterocycles. The van der Waals surface area contributed by atoms with Gasteiger partial charge in [-0.15, -0.1) is 0 Å². The zero-order valence-corrected chi connectivity index (χ0v) is 12.7. The monoisotopic (exact) mass is 303 g/mol. The van der Waals surface area contributed by atoms with Gasteiger partial charge in [-0.2, -0.15) is 10.2 Å². The number of β-amino-alcohol motifs (C(OH)–C–C–N with tert-alkyl or cyclic N) is 1. The van der Waals surface area contributed by atoms with Crippen molar-refractivity contribution in [1.82, 2.24) is 24.5 Å². The van der Waals surface area contributed by atoms with Gasteiger partial charge in [0, 0.05) is 51.1 Å². The highest BCUT2D eigenvalue weighted by atomic mass is 16.3. The molecule has 7 nitrogen and oxygen atoms in total.